The Morgan fingerprint density at radius 1 is 1.19 bits per heavy atom. The second-order valence-corrected chi connectivity index (χ2v) is 5.39. The number of aromatic amines is 1. The Hall–Kier alpha value is -2.31. The van der Waals surface area contributed by atoms with Gasteiger partial charge in [0.2, 0.25) is 5.56 Å². The molecule has 1 aromatic heterocycles. The lowest BCUT2D eigenvalue weighted by atomic mass is 10.0. The quantitative estimate of drug-likeness (QED) is 0.804. The Kier molecular flexibility index (Phi) is 3.64. The molecule has 2 N–H and O–H groups in total. The molecule has 0 unspecified atom stereocenters. The van der Waals surface area contributed by atoms with Gasteiger partial charge in [-0.2, -0.15) is 0 Å². The number of carbonyl (C=O) groups excluding carboxylic acids is 2. The molecular weight excluding hydrogens is 272 g/mol. The Morgan fingerprint density at radius 3 is 2.57 bits per heavy atom. The van der Waals surface area contributed by atoms with Gasteiger partial charge < -0.3 is 20.1 Å². The van der Waals surface area contributed by atoms with Crippen molar-refractivity contribution in [2.75, 3.05) is 26.2 Å². The van der Waals surface area contributed by atoms with Crippen molar-refractivity contribution in [3.05, 3.63) is 34.2 Å². The van der Waals surface area contributed by atoms with E-state index in [0.29, 0.717) is 25.2 Å². The first-order chi connectivity index (χ1) is 10.1. The van der Waals surface area contributed by atoms with E-state index < -0.39 is 0 Å². The lowest BCUT2D eigenvalue weighted by Crippen LogP contribution is -2.47. The maximum absolute atomic E-state index is 12.3. The highest BCUT2D eigenvalue weighted by Gasteiger charge is 2.32. The van der Waals surface area contributed by atoms with Crippen molar-refractivity contribution in [1.29, 1.82) is 0 Å². The summed E-state index contributed by atoms with van der Waals surface area (Å²) in [5.74, 6) is -0.120. The number of piperidine rings is 1. The summed E-state index contributed by atoms with van der Waals surface area (Å²) in [7, 11) is 0. The molecule has 0 saturated carbocycles. The summed E-state index contributed by atoms with van der Waals surface area (Å²) in [5, 5.41) is 2.80. The first-order valence-electron chi connectivity index (χ1n) is 7.17. The van der Waals surface area contributed by atoms with Crippen LogP contribution in [0.1, 0.15) is 23.2 Å². The highest BCUT2D eigenvalue weighted by Crippen LogP contribution is 2.19. The molecule has 3 heterocycles. The van der Waals surface area contributed by atoms with Gasteiger partial charge in [-0.3, -0.25) is 9.59 Å². The van der Waals surface area contributed by atoms with E-state index in [-0.39, 0.29) is 23.5 Å². The molecule has 112 valence electrons. The number of aromatic nitrogens is 1. The fourth-order valence-corrected chi connectivity index (χ4v) is 2.98. The number of likely N-dealkylation sites (tertiary alicyclic amines) is 1. The molecule has 7 heteroatoms. The highest BCUT2D eigenvalue weighted by atomic mass is 16.2. The third-order valence-electron chi connectivity index (χ3n) is 4.10. The van der Waals surface area contributed by atoms with Crippen LogP contribution in [-0.4, -0.2) is 58.9 Å². The summed E-state index contributed by atoms with van der Waals surface area (Å²) in [4.78, 5) is 41.3. The number of rotatable bonds is 2. The van der Waals surface area contributed by atoms with Crippen LogP contribution in [0, 0.1) is 0 Å². The van der Waals surface area contributed by atoms with Gasteiger partial charge in [-0.05, 0) is 18.9 Å². The van der Waals surface area contributed by atoms with Gasteiger partial charge in [0.1, 0.15) is 0 Å². The van der Waals surface area contributed by atoms with Crippen molar-refractivity contribution in [2.24, 2.45) is 0 Å². The average molecular weight is 290 g/mol. The van der Waals surface area contributed by atoms with E-state index in [1.807, 2.05) is 4.90 Å². The summed E-state index contributed by atoms with van der Waals surface area (Å²) in [6.45, 7) is 2.66. The zero-order valence-electron chi connectivity index (χ0n) is 11.7. The van der Waals surface area contributed by atoms with Crippen molar-refractivity contribution in [3.8, 4) is 0 Å². The van der Waals surface area contributed by atoms with Crippen LogP contribution in [0.3, 0.4) is 0 Å². The van der Waals surface area contributed by atoms with Gasteiger partial charge in [0, 0.05) is 50.0 Å². The molecule has 0 spiro atoms. The second-order valence-electron chi connectivity index (χ2n) is 5.39. The minimum Gasteiger partial charge on any atom is -0.338 e. The number of pyridine rings is 1. The predicted octanol–water partition coefficient (Wildman–Crippen LogP) is 0.00470. The number of urea groups is 1. The SMILES string of the molecule is O=C(c1cc[nH]c(=O)c1)N1CCC(N2CCNC2=O)CC1. The van der Waals surface area contributed by atoms with Crippen molar-refractivity contribution in [3.63, 3.8) is 0 Å². The van der Waals surface area contributed by atoms with Crippen molar-refractivity contribution >= 4 is 11.9 Å². The molecule has 7 nitrogen and oxygen atoms in total. The van der Waals surface area contributed by atoms with Crippen LogP contribution in [0.25, 0.3) is 0 Å². The third-order valence-corrected chi connectivity index (χ3v) is 4.10. The van der Waals surface area contributed by atoms with E-state index in [4.69, 9.17) is 0 Å². The maximum atomic E-state index is 12.3. The summed E-state index contributed by atoms with van der Waals surface area (Å²) in [6.07, 6.45) is 3.04. The van der Waals surface area contributed by atoms with Crippen LogP contribution in [0.2, 0.25) is 0 Å². The topological polar surface area (TPSA) is 85.5 Å². The van der Waals surface area contributed by atoms with Gasteiger partial charge in [0.05, 0.1) is 0 Å². The Balaban J connectivity index is 1.62. The van der Waals surface area contributed by atoms with Crippen LogP contribution < -0.4 is 10.9 Å². The Morgan fingerprint density at radius 2 is 1.95 bits per heavy atom. The molecular formula is C14H18N4O3. The minimum absolute atomic E-state index is 0.00521. The summed E-state index contributed by atoms with van der Waals surface area (Å²) in [6, 6.07) is 3.14. The molecule has 0 bridgehead atoms. The Bertz CT molecular complexity index is 604. The number of nitrogens with one attached hydrogen (secondary N) is 2. The smallest absolute Gasteiger partial charge is 0.317 e. The van der Waals surface area contributed by atoms with Crippen LogP contribution in [-0.2, 0) is 0 Å². The zero-order valence-corrected chi connectivity index (χ0v) is 11.7. The van der Waals surface area contributed by atoms with Gasteiger partial charge in [-0.1, -0.05) is 0 Å². The second kappa shape index (κ2) is 5.59. The van der Waals surface area contributed by atoms with Gasteiger partial charge in [-0.15, -0.1) is 0 Å². The monoisotopic (exact) mass is 290 g/mol. The predicted molar refractivity (Wildman–Crippen MR) is 76.1 cm³/mol. The molecule has 2 saturated heterocycles. The van der Waals surface area contributed by atoms with Gasteiger partial charge in [-0.25, -0.2) is 4.79 Å². The van der Waals surface area contributed by atoms with E-state index >= 15 is 0 Å². The number of carbonyl (C=O) groups is 2. The van der Waals surface area contributed by atoms with Crippen molar-refractivity contribution in [2.45, 2.75) is 18.9 Å². The lowest BCUT2D eigenvalue weighted by Gasteiger charge is -2.36. The fourth-order valence-electron chi connectivity index (χ4n) is 2.98. The first-order valence-corrected chi connectivity index (χ1v) is 7.17. The van der Waals surface area contributed by atoms with E-state index in [1.165, 1.54) is 12.3 Å². The number of hydrogen-bond donors (Lipinski definition) is 2. The minimum atomic E-state index is -0.274. The van der Waals surface area contributed by atoms with Crippen LogP contribution >= 0.6 is 0 Å². The average Bonchev–Trinajstić information content (AvgIpc) is 2.93. The summed E-state index contributed by atoms with van der Waals surface area (Å²) < 4.78 is 0. The number of amides is 3. The summed E-state index contributed by atoms with van der Waals surface area (Å²) in [5.41, 5.74) is 0.139. The standard InChI is InChI=1S/C14H18N4O3/c19-12-9-10(1-4-15-12)13(20)17-6-2-11(3-7-17)18-8-5-16-14(18)21/h1,4,9,11H,2-3,5-8H2,(H,15,19)(H,16,21). The lowest BCUT2D eigenvalue weighted by molar-refractivity contribution is 0.0666. The third kappa shape index (κ3) is 2.76. The van der Waals surface area contributed by atoms with Gasteiger partial charge in [0.15, 0.2) is 0 Å². The molecule has 0 aliphatic carbocycles. The molecule has 1 aromatic rings. The normalized spacial score (nSPS) is 19.7. The van der Waals surface area contributed by atoms with E-state index in [0.717, 1.165) is 19.4 Å². The molecule has 2 fully saturated rings. The largest absolute Gasteiger partial charge is 0.338 e. The molecule has 3 rings (SSSR count). The van der Waals surface area contributed by atoms with E-state index in [2.05, 4.69) is 10.3 Å². The maximum Gasteiger partial charge on any atom is 0.317 e. The number of H-pyrrole nitrogens is 1. The Labute approximate surface area is 121 Å². The van der Waals surface area contributed by atoms with Crippen molar-refractivity contribution < 1.29 is 9.59 Å². The molecule has 0 radical (unpaired) electrons. The molecule has 0 atom stereocenters. The highest BCUT2D eigenvalue weighted by molar-refractivity contribution is 5.94. The van der Waals surface area contributed by atoms with Gasteiger partial charge >= 0.3 is 6.03 Å². The van der Waals surface area contributed by atoms with Crippen LogP contribution in [0.4, 0.5) is 4.79 Å². The van der Waals surface area contributed by atoms with E-state index in [9.17, 15) is 14.4 Å². The molecule has 3 amide bonds. The summed E-state index contributed by atoms with van der Waals surface area (Å²) >= 11 is 0. The van der Waals surface area contributed by atoms with Crippen LogP contribution in [0.5, 0.6) is 0 Å². The van der Waals surface area contributed by atoms with E-state index in [1.54, 1.807) is 11.0 Å². The zero-order chi connectivity index (χ0) is 14.8. The molecule has 21 heavy (non-hydrogen) atoms. The molecule has 2 aliphatic heterocycles. The van der Waals surface area contributed by atoms with Crippen molar-refractivity contribution in [1.82, 2.24) is 20.1 Å². The first kappa shape index (κ1) is 13.7. The number of nitrogens with zero attached hydrogens (tertiary/aromatic N) is 2. The molecule has 0 aromatic carbocycles. The number of hydrogen-bond acceptors (Lipinski definition) is 3. The molecule has 2 aliphatic rings. The van der Waals surface area contributed by atoms with Gasteiger partial charge in [0.25, 0.3) is 5.91 Å². The fraction of sp³-hybridized carbons (Fsp3) is 0.500. The van der Waals surface area contributed by atoms with Crippen LogP contribution in [0.15, 0.2) is 23.1 Å².